The third-order valence-electron chi connectivity index (χ3n) is 6.95. The van der Waals surface area contributed by atoms with E-state index in [2.05, 4.69) is 35.4 Å². The molecule has 3 rings (SSSR count). The van der Waals surface area contributed by atoms with Gasteiger partial charge in [0.1, 0.15) is 5.75 Å². The van der Waals surface area contributed by atoms with Gasteiger partial charge in [-0.2, -0.15) is 4.57 Å². The van der Waals surface area contributed by atoms with Crippen molar-refractivity contribution in [3.8, 4) is 5.75 Å². The molecule has 0 saturated carbocycles. The minimum atomic E-state index is -0.0529. The third kappa shape index (κ3) is 13.6. The first-order valence-electron chi connectivity index (χ1n) is 14.7. The van der Waals surface area contributed by atoms with E-state index in [0.717, 1.165) is 30.9 Å². The fraction of sp³-hybridized carbons (Fsp3) is 0.515. The van der Waals surface area contributed by atoms with Crippen molar-refractivity contribution in [3.63, 3.8) is 0 Å². The highest BCUT2D eigenvalue weighted by molar-refractivity contribution is 7.09. The molecule has 3 aromatic rings. The van der Waals surface area contributed by atoms with Gasteiger partial charge >= 0.3 is 0 Å². The Kier molecular flexibility index (Phi) is 16.8. The number of halogens is 1. The highest BCUT2D eigenvalue weighted by Crippen LogP contribution is 2.15. The molecule has 0 spiro atoms. The van der Waals surface area contributed by atoms with Crippen LogP contribution in [0.3, 0.4) is 0 Å². The Balaban J connectivity index is 0.00000533. The quantitative estimate of drug-likeness (QED) is 0.145. The molecule has 214 valence electrons. The Morgan fingerprint density at radius 2 is 1.36 bits per heavy atom. The zero-order valence-corrected chi connectivity index (χ0v) is 26.3. The summed E-state index contributed by atoms with van der Waals surface area (Å²) >= 11 is 1.74. The van der Waals surface area contributed by atoms with E-state index in [-0.39, 0.29) is 22.9 Å². The molecule has 0 bridgehead atoms. The molecule has 0 aliphatic carbocycles. The monoisotopic (exact) mass is 614 g/mol. The fourth-order valence-corrected chi connectivity index (χ4v) is 5.25. The molecule has 0 fully saturated rings. The zero-order chi connectivity index (χ0) is 26.8. The molecule has 0 saturated heterocycles. The molecule has 0 radical (unpaired) electrons. The first-order valence-corrected chi connectivity index (χ1v) is 15.5. The first-order chi connectivity index (χ1) is 18.6. The van der Waals surface area contributed by atoms with E-state index < -0.39 is 0 Å². The van der Waals surface area contributed by atoms with Crippen molar-refractivity contribution < 1.29 is 31.1 Å². The topological polar surface area (TPSA) is 42.2 Å². The van der Waals surface area contributed by atoms with E-state index >= 15 is 0 Å². The number of carbonyl (C=O) groups is 1. The van der Waals surface area contributed by atoms with Gasteiger partial charge in [-0.05, 0) is 43.2 Å². The van der Waals surface area contributed by atoms with E-state index in [0.29, 0.717) is 12.1 Å². The molecule has 0 aliphatic rings. The van der Waals surface area contributed by atoms with Gasteiger partial charge in [-0.15, -0.1) is 0 Å². The highest BCUT2D eigenvalue weighted by atomic mass is 79.9. The Labute approximate surface area is 251 Å². The van der Waals surface area contributed by atoms with Gasteiger partial charge in [0.15, 0.2) is 12.7 Å². The average Bonchev–Trinajstić information content (AvgIpc) is 3.35. The van der Waals surface area contributed by atoms with Gasteiger partial charge in [-0.3, -0.25) is 4.79 Å². The second-order valence-corrected chi connectivity index (χ2v) is 11.5. The number of nitrogens with zero attached hydrogens (tertiary/aromatic N) is 1. The summed E-state index contributed by atoms with van der Waals surface area (Å²) in [5, 5.41) is 3.02. The Morgan fingerprint density at radius 1 is 0.795 bits per heavy atom. The summed E-state index contributed by atoms with van der Waals surface area (Å²) in [4.78, 5) is 13.9. The van der Waals surface area contributed by atoms with Crippen molar-refractivity contribution in [2.24, 2.45) is 0 Å². The maximum atomic E-state index is 12.6. The number of thiazole rings is 1. The highest BCUT2D eigenvalue weighted by Gasteiger charge is 2.09. The van der Waals surface area contributed by atoms with Crippen molar-refractivity contribution in [2.45, 2.75) is 104 Å². The van der Waals surface area contributed by atoms with Crippen molar-refractivity contribution in [3.05, 3.63) is 81.8 Å². The lowest BCUT2D eigenvalue weighted by molar-refractivity contribution is -0.683. The number of unbranched alkanes of at least 4 members (excludes halogenated alkanes) is 11. The molecule has 1 aromatic heterocycles. The third-order valence-corrected chi connectivity index (χ3v) is 7.80. The van der Waals surface area contributed by atoms with Gasteiger partial charge in [0.25, 0.3) is 5.91 Å². The fourth-order valence-electron chi connectivity index (χ4n) is 4.62. The standard InChI is InChI=1S/C33H46N2O2S.BrH/c1-3-4-5-6-7-8-9-10-11-12-13-14-23-37-32-21-17-29(18-22-32)24-34-33(36)31-19-15-30(16-20-31)26-35-25-28(2)38-27-35;/h15-22,25,27H,3-14,23-24,26H2,1-2H3;1H. The first kappa shape index (κ1) is 33.0. The van der Waals surface area contributed by atoms with Crippen LogP contribution in [-0.2, 0) is 13.1 Å². The van der Waals surface area contributed by atoms with Crippen molar-refractivity contribution in [1.82, 2.24) is 5.32 Å². The maximum Gasteiger partial charge on any atom is 0.251 e. The van der Waals surface area contributed by atoms with Gasteiger partial charge in [0.05, 0.1) is 11.5 Å². The predicted octanol–water partition coefficient (Wildman–Crippen LogP) is 5.41. The normalized spacial score (nSPS) is 10.7. The SMILES string of the molecule is CCCCCCCCCCCCCCOc1ccc(CNC(=O)c2ccc(C[n+]3csc(C)c3)cc2)cc1.[Br-]. The summed E-state index contributed by atoms with van der Waals surface area (Å²) in [7, 11) is 0. The minimum absolute atomic E-state index is 0. The molecular weight excluding hydrogens is 568 g/mol. The van der Waals surface area contributed by atoms with Gasteiger partial charge < -0.3 is 27.0 Å². The molecule has 39 heavy (non-hydrogen) atoms. The minimum Gasteiger partial charge on any atom is -1.00 e. The van der Waals surface area contributed by atoms with Crippen LogP contribution in [0.1, 0.15) is 110 Å². The van der Waals surface area contributed by atoms with Gasteiger partial charge in [-0.25, -0.2) is 0 Å². The molecule has 1 heterocycles. The summed E-state index contributed by atoms with van der Waals surface area (Å²) in [6.07, 6.45) is 18.3. The lowest BCUT2D eigenvalue weighted by Crippen LogP contribution is -3.00. The summed E-state index contributed by atoms with van der Waals surface area (Å²) in [5.41, 5.74) is 5.05. The van der Waals surface area contributed by atoms with Crippen LogP contribution in [0.15, 0.2) is 60.2 Å². The van der Waals surface area contributed by atoms with E-state index in [1.165, 1.54) is 81.1 Å². The predicted molar refractivity (Wildman–Crippen MR) is 159 cm³/mol. The number of aryl methyl sites for hydroxylation is 1. The molecule has 0 atom stereocenters. The van der Waals surface area contributed by atoms with Crippen LogP contribution >= 0.6 is 11.3 Å². The molecule has 1 amide bonds. The largest absolute Gasteiger partial charge is 1.00 e. The number of rotatable bonds is 19. The molecule has 6 heteroatoms. The lowest BCUT2D eigenvalue weighted by Gasteiger charge is -2.09. The summed E-state index contributed by atoms with van der Waals surface area (Å²) in [6, 6.07) is 15.9. The Morgan fingerprint density at radius 3 is 1.92 bits per heavy atom. The van der Waals surface area contributed by atoms with Crippen LogP contribution < -0.4 is 31.6 Å². The van der Waals surface area contributed by atoms with Crippen LogP contribution in [0.4, 0.5) is 0 Å². The smallest absolute Gasteiger partial charge is 0.251 e. The number of ether oxygens (including phenoxy) is 1. The second kappa shape index (κ2) is 19.8. The van der Waals surface area contributed by atoms with Gasteiger partial charge in [0.2, 0.25) is 5.51 Å². The number of hydrogen-bond acceptors (Lipinski definition) is 3. The number of hydrogen-bond donors (Lipinski definition) is 1. The van der Waals surface area contributed by atoms with Gasteiger partial charge in [0, 0.05) is 17.7 Å². The van der Waals surface area contributed by atoms with Crippen LogP contribution in [0, 0.1) is 6.92 Å². The van der Waals surface area contributed by atoms with Crippen LogP contribution in [-0.4, -0.2) is 12.5 Å². The Hall–Kier alpha value is -2.18. The summed E-state index contributed by atoms with van der Waals surface area (Å²) in [5.74, 6) is 0.848. The van der Waals surface area contributed by atoms with E-state index in [1.807, 2.05) is 48.5 Å². The average molecular weight is 616 g/mol. The number of nitrogens with one attached hydrogen (secondary N) is 1. The number of benzene rings is 2. The van der Waals surface area contributed by atoms with E-state index in [4.69, 9.17) is 4.74 Å². The molecule has 0 aliphatic heterocycles. The van der Waals surface area contributed by atoms with Crippen molar-refractivity contribution in [1.29, 1.82) is 0 Å². The zero-order valence-electron chi connectivity index (χ0n) is 23.9. The molecule has 1 N–H and O–H groups in total. The van der Waals surface area contributed by atoms with Crippen molar-refractivity contribution >= 4 is 17.2 Å². The molecule has 4 nitrogen and oxygen atoms in total. The number of aromatic nitrogens is 1. The molecule has 0 unspecified atom stereocenters. The molecule has 2 aromatic carbocycles. The second-order valence-electron chi connectivity index (χ2n) is 10.4. The van der Waals surface area contributed by atoms with Crippen molar-refractivity contribution in [2.75, 3.05) is 6.61 Å². The lowest BCUT2D eigenvalue weighted by atomic mass is 10.1. The Bertz CT molecular complexity index is 1050. The van der Waals surface area contributed by atoms with Gasteiger partial charge in [-0.1, -0.05) is 113 Å². The molecular formula is C33H47BrN2O2S. The maximum absolute atomic E-state index is 12.6. The number of carbonyl (C=O) groups excluding carboxylic acids is 1. The van der Waals surface area contributed by atoms with Crippen LogP contribution in [0.5, 0.6) is 5.75 Å². The van der Waals surface area contributed by atoms with Crippen LogP contribution in [0.25, 0.3) is 0 Å². The van der Waals surface area contributed by atoms with E-state index in [9.17, 15) is 4.79 Å². The number of amides is 1. The summed E-state index contributed by atoms with van der Waals surface area (Å²) in [6.45, 7) is 6.48. The summed E-state index contributed by atoms with van der Waals surface area (Å²) < 4.78 is 8.08. The van der Waals surface area contributed by atoms with E-state index in [1.54, 1.807) is 11.3 Å². The van der Waals surface area contributed by atoms with Crippen LogP contribution in [0.2, 0.25) is 0 Å².